The minimum Gasteiger partial charge on any atom is -0.330 e. The van der Waals surface area contributed by atoms with Gasteiger partial charge in [-0.3, -0.25) is 0 Å². The largest absolute Gasteiger partial charge is 0.330 e. The van der Waals surface area contributed by atoms with Gasteiger partial charge in [0.1, 0.15) is 5.37 Å². The lowest BCUT2D eigenvalue weighted by Crippen LogP contribution is -2.30. The van der Waals surface area contributed by atoms with Crippen LogP contribution in [0.1, 0.15) is 12.8 Å². The third-order valence-electron chi connectivity index (χ3n) is 1.24. The van der Waals surface area contributed by atoms with E-state index in [4.69, 9.17) is 11.5 Å². The predicted octanol–water partition coefficient (Wildman–Crippen LogP) is -0.945. The Morgan fingerprint density at radius 1 is 1.50 bits per heavy atom. The minimum atomic E-state index is -3.05. The van der Waals surface area contributed by atoms with Gasteiger partial charge in [-0.1, -0.05) is 0 Å². The second-order valence-electron chi connectivity index (χ2n) is 2.30. The Labute approximate surface area is 61.5 Å². The van der Waals surface area contributed by atoms with E-state index in [0.29, 0.717) is 19.4 Å². The van der Waals surface area contributed by atoms with Crippen molar-refractivity contribution in [3.05, 3.63) is 0 Å². The van der Waals surface area contributed by atoms with E-state index in [1.165, 1.54) is 0 Å². The summed E-state index contributed by atoms with van der Waals surface area (Å²) in [6, 6.07) is 0. The summed E-state index contributed by atoms with van der Waals surface area (Å²) >= 11 is 0. The molecule has 0 amide bonds. The van der Waals surface area contributed by atoms with Gasteiger partial charge in [-0.25, -0.2) is 8.42 Å². The first kappa shape index (κ1) is 9.87. The standard InChI is InChI=1S/C5H14N2O2S/c1-10(8,9)5(7)3-2-4-6/h5H,2-4,6-7H2,1H3. The molecule has 0 aliphatic heterocycles. The molecule has 0 saturated heterocycles. The molecule has 0 saturated carbocycles. The van der Waals surface area contributed by atoms with E-state index in [2.05, 4.69) is 0 Å². The summed E-state index contributed by atoms with van der Waals surface area (Å²) < 4.78 is 21.3. The molecule has 0 rings (SSSR count). The van der Waals surface area contributed by atoms with Gasteiger partial charge in [0.05, 0.1) is 0 Å². The zero-order valence-electron chi connectivity index (χ0n) is 6.08. The summed E-state index contributed by atoms with van der Waals surface area (Å²) in [4.78, 5) is 0. The molecule has 0 heterocycles. The second-order valence-corrected chi connectivity index (χ2v) is 4.56. The van der Waals surface area contributed by atoms with Crippen molar-refractivity contribution in [1.82, 2.24) is 0 Å². The van der Waals surface area contributed by atoms with E-state index >= 15 is 0 Å². The maximum absolute atomic E-state index is 10.7. The van der Waals surface area contributed by atoms with E-state index in [0.717, 1.165) is 6.26 Å². The highest BCUT2D eigenvalue weighted by Crippen LogP contribution is 1.99. The van der Waals surface area contributed by atoms with Crippen molar-refractivity contribution in [1.29, 1.82) is 0 Å². The summed E-state index contributed by atoms with van der Waals surface area (Å²) in [6.07, 6.45) is 2.25. The van der Waals surface area contributed by atoms with Crippen LogP contribution in [0.4, 0.5) is 0 Å². The lowest BCUT2D eigenvalue weighted by atomic mass is 10.3. The maximum Gasteiger partial charge on any atom is 0.163 e. The summed E-state index contributed by atoms with van der Waals surface area (Å²) in [7, 11) is -3.05. The van der Waals surface area contributed by atoms with Gasteiger partial charge >= 0.3 is 0 Å². The number of hydrogen-bond acceptors (Lipinski definition) is 4. The van der Waals surface area contributed by atoms with Crippen molar-refractivity contribution in [3.63, 3.8) is 0 Å². The normalized spacial score (nSPS) is 15.1. The first-order valence-corrected chi connectivity index (χ1v) is 5.08. The fraction of sp³-hybridized carbons (Fsp3) is 1.00. The highest BCUT2D eigenvalue weighted by molar-refractivity contribution is 7.91. The molecular weight excluding hydrogens is 152 g/mol. The van der Waals surface area contributed by atoms with Crippen molar-refractivity contribution in [3.8, 4) is 0 Å². The van der Waals surface area contributed by atoms with Crippen molar-refractivity contribution in [2.75, 3.05) is 12.8 Å². The number of hydrogen-bond donors (Lipinski definition) is 2. The van der Waals surface area contributed by atoms with Crippen LogP contribution in [-0.4, -0.2) is 26.6 Å². The van der Waals surface area contributed by atoms with Gasteiger partial charge in [0.15, 0.2) is 9.84 Å². The molecule has 0 radical (unpaired) electrons. The van der Waals surface area contributed by atoms with Crippen LogP contribution in [0.25, 0.3) is 0 Å². The lowest BCUT2D eigenvalue weighted by molar-refractivity contribution is 0.575. The van der Waals surface area contributed by atoms with Crippen molar-refractivity contribution in [2.45, 2.75) is 18.2 Å². The van der Waals surface area contributed by atoms with Gasteiger partial charge in [-0.15, -0.1) is 0 Å². The summed E-state index contributed by atoms with van der Waals surface area (Å²) in [6.45, 7) is 0.489. The van der Waals surface area contributed by atoms with Gasteiger partial charge in [-0.2, -0.15) is 0 Å². The van der Waals surface area contributed by atoms with Crippen molar-refractivity contribution < 1.29 is 8.42 Å². The average molecular weight is 166 g/mol. The molecule has 0 aliphatic rings. The van der Waals surface area contributed by atoms with E-state index in [1.807, 2.05) is 0 Å². The van der Waals surface area contributed by atoms with Crippen molar-refractivity contribution in [2.24, 2.45) is 11.5 Å². The zero-order valence-corrected chi connectivity index (χ0v) is 6.89. The molecule has 0 spiro atoms. The molecule has 0 bridgehead atoms. The Morgan fingerprint density at radius 3 is 2.30 bits per heavy atom. The number of rotatable bonds is 4. The van der Waals surface area contributed by atoms with Crippen LogP contribution in [0.2, 0.25) is 0 Å². The Morgan fingerprint density at radius 2 is 2.00 bits per heavy atom. The van der Waals surface area contributed by atoms with E-state index in [9.17, 15) is 8.42 Å². The van der Waals surface area contributed by atoms with Crippen LogP contribution in [0.3, 0.4) is 0 Å². The van der Waals surface area contributed by atoms with Gasteiger partial charge in [0.25, 0.3) is 0 Å². The molecule has 0 aromatic carbocycles. The predicted molar refractivity (Wildman–Crippen MR) is 41.1 cm³/mol. The summed E-state index contributed by atoms with van der Waals surface area (Å²) in [5.74, 6) is 0. The third-order valence-corrected chi connectivity index (χ3v) is 2.58. The second kappa shape index (κ2) is 3.90. The molecular formula is C5H14N2O2S. The minimum absolute atomic E-state index is 0.454. The molecule has 1 atom stereocenters. The Bertz CT molecular complexity index is 176. The molecule has 4 N–H and O–H groups in total. The highest BCUT2D eigenvalue weighted by atomic mass is 32.2. The maximum atomic E-state index is 10.7. The van der Waals surface area contributed by atoms with Crippen LogP contribution in [-0.2, 0) is 9.84 Å². The zero-order chi connectivity index (χ0) is 8.20. The topological polar surface area (TPSA) is 86.2 Å². The molecule has 1 unspecified atom stereocenters. The lowest BCUT2D eigenvalue weighted by Gasteiger charge is -2.06. The molecule has 0 aliphatic carbocycles. The summed E-state index contributed by atoms with van der Waals surface area (Å²) in [5.41, 5.74) is 10.5. The first-order chi connectivity index (χ1) is 4.48. The fourth-order valence-electron chi connectivity index (χ4n) is 0.533. The Balaban J connectivity index is 3.75. The quantitative estimate of drug-likeness (QED) is 0.564. The summed E-state index contributed by atoms with van der Waals surface area (Å²) in [5, 5.41) is -0.740. The Hall–Kier alpha value is -0.130. The highest BCUT2D eigenvalue weighted by Gasteiger charge is 2.13. The molecule has 0 aromatic rings. The van der Waals surface area contributed by atoms with E-state index in [-0.39, 0.29) is 0 Å². The van der Waals surface area contributed by atoms with Gasteiger partial charge < -0.3 is 11.5 Å². The van der Waals surface area contributed by atoms with E-state index in [1.54, 1.807) is 0 Å². The van der Waals surface area contributed by atoms with Crippen LogP contribution in [0, 0.1) is 0 Å². The van der Waals surface area contributed by atoms with Crippen LogP contribution >= 0.6 is 0 Å². The SMILES string of the molecule is CS(=O)(=O)C(N)CCCN. The smallest absolute Gasteiger partial charge is 0.163 e. The number of nitrogens with two attached hydrogens (primary N) is 2. The van der Waals surface area contributed by atoms with Crippen LogP contribution in [0.5, 0.6) is 0 Å². The van der Waals surface area contributed by atoms with E-state index < -0.39 is 15.2 Å². The van der Waals surface area contributed by atoms with Crippen molar-refractivity contribution >= 4 is 9.84 Å². The molecule has 5 heteroatoms. The fourth-order valence-corrected chi connectivity index (χ4v) is 1.13. The molecule has 0 fully saturated rings. The van der Waals surface area contributed by atoms with Gasteiger partial charge in [-0.05, 0) is 19.4 Å². The van der Waals surface area contributed by atoms with Crippen LogP contribution < -0.4 is 11.5 Å². The average Bonchev–Trinajstić information content (AvgIpc) is 1.80. The third kappa shape index (κ3) is 3.81. The van der Waals surface area contributed by atoms with Gasteiger partial charge in [0, 0.05) is 6.26 Å². The molecule has 62 valence electrons. The molecule has 10 heavy (non-hydrogen) atoms. The molecule has 4 nitrogen and oxygen atoms in total. The Kier molecular flexibility index (Phi) is 3.85. The first-order valence-electron chi connectivity index (χ1n) is 3.13. The molecule has 0 aromatic heterocycles. The monoisotopic (exact) mass is 166 g/mol. The number of sulfone groups is 1. The van der Waals surface area contributed by atoms with Gasteiger partial charge in [0.2, 0.25) is 0 Å². The van der Waals surface area contributed by atoms with Crippen LogP contribution in [0.15, 0.2) is 0 Å².